The summed E-state index contributed by atoms with van der Waals surface area (Å²) < 4.78 is 11.6. The number of hydrogen-bond acceptors (Lipinski definition) is 3. The Morgan fingerprint density at radius 3 is 2.38 bits per heavy atom. The Kier molecular flexibility index (Phi) is 6.37. The fourth-order valence-electron chi connectivity index (χ4n) is 3.47. The van der Waals surface area contributed by atoms with Crippen LogP contribution in [0, 0.1) is 0 Å². The molecule has 26 heavy (non-hydrogen) atoms. The van der Waals surface area contributed by atoms with E-state index < -0.39 is 0 Å². The van der Waals surface area contributed by atoms with Gasteiger partial charge in [-0.05, 0) is 54.8 Å². The number of furan rings is 1. The van der Waals surface area contributed by atoms with E-state index in [2.05, 4.69) is 53.8 Å². The molecule has 0 aliphatic carbocycles. The van der Waals surface area contributed by atoms with E-state index in [0.717, 1.165) is 24.7 Å². The number of ether oxygens (including phenoxy) is 1. The molecule has 0 amide bonds. The van der Waals surface area contributed by atoms with Crippen molar-refractivity contribution in [1.82, 2.24) is 5.32 Å². The summed E-state index contributed by atoms with van der Waals surface area (Å²) in [4.78, 5) is 0. The molecule has 4 rings (SSSR count). The zero-order valence-electron chi connectivity index (χ0n) is 14.6. The maximum atomic E-state index is 5.94. The van der Waals surface area contributed by atoms with Gasteiger partial charge in [0.05, 0.1) is 12.2 Å². The van der Waals surface area contributed by atoms with Gasteiger partial charge < -0.3 is 14.5 Å². The minimum absolute atomic E-state index is 0. The highest BCUT2D eigenvalue weighted by Gasteiger charge is 2.19. The van der Waals surface area contributed by atoms with Crippen LogP contribution >= 0.6 is 12.4 Å². The van der Waals surface area contributed by atoms with Gasteiger partial charge in [0.1, 0.15) is 18.1 Å². The van der Waals surface area contributed by atoms with Gasteiger partial charge >= 0.3 is 0 Å². The van der Waals surface area contributed by atoms with Crippen molar-refractivity contribution in [2.45, 2.75) is 24.8 Å². The average molecular weight is 370 g/mol. The predicted octanol–water partition coefficient (Wildman–Crippen LogP) is 5.01. The van der Waals surface area contributed by atoms with Crippen molar-refractivity contribution < 1.29 is 9.15 Å². The average Bonchev–Trinajstić information content (AvgIpc) is 3.36. The largest absolute Gasteiger partial charge is 0.492 e. The molecule has 2 heterocycles. The fraction of sp³-hybridized carbons (Fsp3) is 0.273. The quantitative estimate of drug-likeness (QED) is 0.663. The molecule has 136 valence electrons. The molecule has 1 N–H and O–H groups in total. The highest BCUT2D eigenvalue weighted by Crippen LogP contribution is 2.33. The molecule has 1 aliphatic rings. The Balaban J connectivity index is 0.00000196. The van der Waals surface area contributed by atoms with Crippen molar-refractivity contribution >= 4 is 12.4 Å². The second-order valence-electron chi connectivity index (χ2n) is 6.53. The molecule has 0 radical (unpaired) electrons. The minimum atomic E-state index is 0. The standard InChI is InChI=1S/C22H23NO2.ClH/c1-2-6-17(7-3-1)22(21-9-5-15-24-21)18-10-12-20(13-11-18)25-16-19-8-4-14-23-19;/h1-3,5-7,9-13,15,19,22-23H,4,8,14,16H2;1H/t19-,22?;/m1./s1. The second-order valence-corrected chi connectivity index (χ2v) is 6.53. The summed E-state index contributed by atoms with van der Waals surface area (Å²) in [6.45, 7) is 1.84. The molecule has 3 nitrogen and oxygen atoms in total. The van der Waals surface area contributed by atoms with E-state index >= 15 is 0 Å². The van der Waals surface area contributed by atoms with Gasteiger partial charge in [0, 0.05) is 6.04 Å². The maximum absolute atomic E-state index is 5.94. The fourth-order valence-corrected chi connectivity index (χ4v) is 3.47. The lowest BCUT2D eigenvalue weighted by atomic mass is 9.89. The SMILES string of the molecule is Cl.c1ccc(C(c2ccc(OC[C@H]3CCCN3)cc2)c2ccco2)cc1. The van der Waals surface area contributed by atoms with Crippen molar-refractivity contribution in [1.29, 1.82) is 0 Å². The first-order chi connectivity index (χ1) is 12.4. The summed E-state index contributed by atoms with van der Waals surface area (Å²) in [6, 6.07) is 23.3. The van der Waals surface area contributed by atoms with E-state index in [4.69, 9.17) is 9.15 Å². The third-order valence-electron chi connectivity index (χ3n) is 4.79. The predicted molar refractivity (Wildman–Crippen MR) is 106 cm³/mol. The van der Waals surface area contributed by atoms with Gasteiger partial charge in [0.15, 0.2) is 0 Å². The summed E-state index contributed by atoms with van der Waals surface area (Å²) in [6.07, 6.45) is 4.18. The molecule has 3 aromatic rings. The lowest BCUT2D eigenvalue weighted by Gasteiger charge is -2.17. The lowest BCUT2D eigenvalue weighted by Crippen LogP contribution is -2.28. The van der Waals surface area contributed by atoms with Crippen LogP contribution in [0.5, 0.6) is 5.75 Å². The zero-order chi connectivity index (χ0) is 16.9. The summed E-state index contributed by atoms with van der Waals surface area (Å²) in [5, 5.41) is 3.46. The summed E-state index contributed by atoms with van der Waals surface area (Å²) in [5.41, 5.74) is 2.42. The molecule has 1 aromatic heterocycles. The smallest absolute Gasteiger partial charge is 0.119 e. The van der Waals surface area contributed by atoms with Gasteiger partial charge in [-0.25, -0.2) is 0 Å². The second kappa shape index (κ2) is 8.93. The molecule has 0 saturated carbocycles. The lowest BCUT2D eigenvalue weighted by molar-refractivity contribution is 0.277. The van der Waals surface area contributed by atoms with Crippen LogP contribution in [-0.2, 0) is 0 Å². The summed E-state index contributed by atoms with van der Waals surface area (Å²) >= 11 is 0. The van der Waals surface area contributed by atoms with Crippen molar-refractivity contribution in [3.63, 3.8) is 0 Å². The molecule has 4 heteroatoms. The Bertz CT molecular complexity index is 766. The van der Waals surface area contributed by atoms with Crippen LogP contribution in [0.25, 0.3) is 0 Å². The van der Waals surface area contributed by atoms with Crippen LogP contribution in [0.2, 0.25) is 0 Å². The van der Waals surface area contributed by atoms with Crippen LogP contribution in [0.15, 0.2) is 77.4 Å². The third-order valence-corrected chi connectivity index (χ3v) is 4.79. The Hall–Kier alpha value is -2.23. The number of nitrogens with one attached hydrogen (secondary N) is 1. The van der Waals surface area contributed by atoms with Crippen molar-refractivity contribution in [3.05, 3.63) is 89.9 Å². The van der Waals surface area contributed by atoms with Crippen LogP contribution < -0.4 is 10.1 Å². The van der Waals surface area contributed by atoms with E-state index in [1.807, 2.05) is 18.2 Å². The number of halogens is 1. The monoisotopic (exact) mass is 369 g/mol. The summed E-state index contributed by atoms with van der Waals surface area (Å²) in [5.74, 6) is 1.97. The Labute approximate surface area is 160 Å². The molecule has 0 spiro atoms. The van der Waals surface area contributed by atoms with Crippen LogP contribution in [0.1, 0.15) is 35.6 Å². The number of benzene rings is 2. The van der Waals surface area contributed by atoms with Gasteiger partial charge in [-0.1, -0.05) is 42.5 Å². The first kappa shape index (κ1) is 18.6. The third kappa shape index (κ3) is 4.29. The topological polar surface area (TPSA) is 34.4 Å². The van der Waals surface area contributed by atoms with Crippen LogP contribution in [0.4, 0.5) is 0 Å². The molecule has 2 atom stereocenters. The van der Waals surface area contributed by atoms with E-state index in [-0.39, 0.29) is 18.3 Å². The van der Waals surface area contributed by atoms with E-state index in [9.17, 15) is 0 Å². The van der Waals surface area contributed by atoms with E-state index in [1.54, 1.807) is 6.26 Å². The Morgan fingerprint density at radius 2 is 1.73 bits per heavy atom. The van der Waals surface area contributed by atoms with Crippen molar-refractivity contribution in [2.75, 3.05) is 13.2 Å². The molecule has 1 fully saturated rings. The van der Waals surface area contributed by atoms with Crippen molar-refractivity contribution in [3.8, 4) is 5.75 Å². The van der Waals surface area contributed by atoms with Gasteiger partial charge in [-0.3, -0.25) is 0 Å². The molecular weight excluding hydrogens is 346 g/mol. The highest BCUT2D eigenvalue weighted by atomic mass is 35.5. The molecule has 1 aliphatic heterocycles. The van der Waals surface area contributed by atoms with Gasteiger partial charge in [-0.2, -0.15) is 0 Å². The molecule has 1 saturated heterocycles. The van der Waals surface area contributed by atoms with Crippen molar-refractivity contribution in [2.24, 2.45) is 0 Å². The van der Waals surface area contributed by atoms with Crippen LogP contribution in [0.3, 0.4) is 0 Å². The van der Waals surface area contributed by atoms with Crippen LogP contribution in [-0.4, -0.2) is 19.2 Å². The Morgan fingerprint density at radius 1 is 0.962 bits per heavy atom. The summed E-state index contributed by atoms with van der Waals surface area (Å²) in [7, 11) is 0. The molecular formula is C22H24ClNO2. The van der Waals surface area contributed by atoms with Gasteiger partial charge in [0.2, 0.25) is 0 Å². The minimum Gasteiger partial charge on any atom is -0.492 e. The number of hydrogen-bond donors (Lipinski definition) is 1. The zero-order valence-corrected chi connectivity index (χ0v) is 15.5. The van der Waals surface area contributed by atoms with Gasteiger partial charge in [-0.15, -0.1) is 12.4 Å². The van der Waals surface area contributed by atoms with Gasteiger partial charge in [0.25, 0.3) is 0 Å². The number of rotatable bonds is 6. The maximum Gasteiger partial charge on any atom is 0.119 e. The highest BCUT2D eigenvalue weighted by molar-refractivity contribution is 5.85. The first-order valence-corrected chi connectivity index (χ1v) is 8.94. The molecule has 2 aromatic carbocycles. The first-order valence-electron chi connectivity index (χ1n) is 8.94. The van der Waals surface area contributed by atoms with E-state index in [0.29, 0.717) is 6.04 Å². The molecule has 1 unspecified atom stereocenters. The molecule has 0 bridgehead atoms. The van der Waals surface area contributed by atoms with E-state index in [1.165, 1.54) is 24.0 Å². The normalized spacial score (nSPS) is 17.5.